The molecule has 0 aromatic rings. The Hall–Kier alpha value is -0.610. The van der Waals surface area contributed by atoms with E-state index in [2.05, 4.69) is 4.90 Å². The van der Waals surface area contributed by atoms with Gasteiger partial charge >= 0.3 is 5.97 Å². The first-order chi connectivity index (χ1) is 6.60. The number of esters is 1. The summed E-state index contributed by atoms with van der Waals surface area (Å²) in [6.45, 7) is 1.46. The first-order valence-corrected chi connectivity index (χ1v) is 4.93. The van der Waals surface area contributed by atoms with Gasteiger partial charge in [-0.15, -0.1) is 0 Å². The summed E-state index contributed by atoms with van der Waals surface area (Å²) < 4.78 is 10.0. The molecule has 0 aromatic carbocycles. The van der Waals surface area contributed by atoms with Gasteiger partial charge in [0.05, 0.1) is 13.5 Å². The summed E-state index contributed by atoms with van der Waals surface area (Å²) in [6.07, 6.45) is 2.25. The SMILES string of the molecule is COC(=O)CC1(N(C)C)CCOCC1. The van der Waals surface area contributed by atoms with Gasteiger partial charge in [0.1, 0.15) is 0 Å². The average Bonchev–Trinajstić information content (AvgIpc) is 2.19. The van der Waals surface area contributed by atoms with Gasteiger partial charge in [0.2, 0.25) is 0 Å². The molecule has 0 bridgehead atoms. The fourth-order valence-electron chi connectivity index (χ4n) is 1.87. The number of hydrogen-bond acceptors (Lipinski definition) is 4. The lowest BCUT2D eigenvalue weighted by atomic mass is 9.85. The topological polar surface area (TPSA) is 38.8 Å². The molecule has 1 saturated heterocycles. The molecule has 0 amide bonds. The molecule has 0 N–H and O–H groups in total. The van der Waals surface area contributed by atoms with Crippen LogP contribution in [0.25, 0.3) is 0 Å². The van der Waals surface area contributed by atoms with E-state index in [1.165, 1.54) is 7.11 Å². The molecule has 0 unspecified atom stereocenters. The van der Waals surface area contributed by atoms with Gasteiger partial charge < -0.3 is 14.4 Å². The van der Waals surface area contributed by atoms with Crippen molar-refractivity contribution in [2.75, 3.05) is 34.4 Å². The van der Waals surface area contributed by atoms with Crippen LogP contribution in [-0.4, -0.2) is 50.8 Å². The lowest BCUT2D eigenvalue weighted by molar-refractivity contribution is -0.145. The van der Waals surface area contributed by atoms with Crippen LogP contribution in [0, 0.1) is 0 Å². The van der Waals surface area contributed by atoms with Gasteiger partial charge in [0.15, 0.2) is 0 Å². The summed E-state index contributed by atoms with van der Waals surface area (Å²) in [5, 5.41) is 0. The average molecular weight is 201 g/mol. The number of methoxy groups -OCH3 is 1. The molecular weight excluding hydrogens is 182 g/mol. The van der Waals surface area contributed by atoms with E-state index in [0.717, 1.165) is 26.1 Å². The van der Waals surface area contributed by atoms with E-state index in [-0.39, 0.29) is 11.5 Å². The van der Waals surface area contributed by atoms with Crippen molar-refractivity contribution in [1.82, 2.24) is 4.90 Å². The quantitative estimate of drug-likeness (QED) is 0.629. The molecule has 0 saturated carbocycles. The fraction of sp³-hybridized carbons (Fsp3) is 0.900. The Morgan fingerprint density at radius 1 is 1.43 bits per heavy atom. The van der Waals surface area contributed by atoms with Crippen molar-refractivity contribution in [2.24, 2.45) is 0 Å². The van der Waals surface area contributed by atoms with Crippen LogP contribution in [0.5, 0.6) is 0 Å². The van der Waals surface area contributed by atoms with Crippen LogP contribution in [-0.2, 0) is 14.3 Å². The van der Waals surface area contributed by atoms with Crippen LogP contribution < -0.4 is 0 Å². The maximum Gasteiger partial charge on any atom is 0.307 e. The summed E-state index contributed by atoms with van der Waals surface area (Å²) >= 11 is 0. The third kappa shape index (κ3) is 2.45. The Bertz CT molecular complexity index is 198. The van der Waals surface area contributed by atoms with Crippen LogP contribution >= 0.6 is 0 Å². The molecule has 1 aliphatic rings. The number of hydrogen-bond donors (Lipinski definition) is 0. The predicted molar refractivity (Wildman–Crippen MR) is 53.1 cm³/mol. The van der Waals surface area contributed by atoms with Crippen LogP contribution in [0.3, 0.4) is 0 Å². The van der Waals surface area contributed by atoms with Crippen LogP contribution in [0.15, 0.2) is 0 Å². The molecule has 0 atom stereocenters. The number of ether oxygens (including phenoxy) is 2. The summed E-state index contributed by atoms with van der Waals surface area (Å²) in [4.78, 5) is 13.4. The molecule has 14 heavy (non-hydrogen) atoms. The molecule has 0 aromatic heterocycles. The van der Waals surface area contributed by atoms with Crippen LogP contribution in [0.2, 0.25) is 0 Å². The molecule has 4 nitrogen and oxygen atoms in total. The highest BCUT2D eigenvalue weighted by Crippen LogP contribution is 2.29. The van der Waals surface area contributed by atoms with E-state index in [1.807, 2.05) is 14.1 Å². The number of rotatable bonds is 3. The summed E-state index contributed by atoms with van der Waals surface area (Å²) in [5.74, 6) is -0.138. The van der Waals surface area contributed by atoms with Crippen molar-refractivity contribution < 1.29 is 14.3 Å². The van der Waals surface area contributed by atoms with Crippen LogP contribution in [0.4, 0.5) is 0 Å². The highest BCUT2D eigenvalue weighted by Gasteiger charge is 2.37. The van der Waals surface area contributed by atoms with Crippen molar-refractivity contribution >= 4 is 5.97 Å². The molecular formula is C10H19NO3. The maximum atomic E-state index is 11.3. The Kier molecular flexibility index (Phi) is 3.89. The predicted octanol–water partition coefficient (Wildman–Crippen LogP) is 0.660. The molecule has 0 radical (unpaired) electrons. The number of carbonyl (C=O) groups excluding carboxylic acids is 1. The maximum absolute atomic E-state index is 11.3. The minimum absolute atomic E-state index is 0.0641. The Labute approximate surface area is 85.2 Å². The Balaban J connectivity index is 2.65. The fourth-order valence-corrected chi connectivity index (χ4v) is 1.87. The monoisotopic (exact) mass is 201 g/mol. The second-order valence-corrected chi connectivity index (χ2v) is 3.98. The minimum atomic E-state index is -0.138. The lowest BCUT2D eigenvalue weighted by Crippen LogP contribution is -2.50. The van der Waals surface area contributed by atoms with Gasteiger partial charge in [-0.3, -0.25) is 4.79 Å². The third-order valence-corrected chi connectivity index (χ3v) is 3.07. The number of carbonyl (C=O) groups is 1. The molecule has 0 aliphatic carbocycles. The first-order valence-electron chi connectivity index (χ1n) is 4.93. The van der Waals surface area contributed by atoms with Crippen molar-refractivity contribution in [2.45, 2.75) is 24.8 Å². The zero-order valence-electron chi connectivity index (χ0n) is 9.21. The standard InChI is InChI=1S/C10H19NO3/c1-11(2)10(8-9(12)13-3)4-6-14-7-5-10/h4-8H2,1-3H3. The molecule has 1 rings (SSSR count). The molecule has 1 heterocycles. The van der Waals surface area contributed by atoms with E-state index >= 15 is 0 Å². The zero-order valence-corrected chi connectivity index (χ0v) is 9.21. The minimum Gasteiger partial charge on any atom is -0.469 e. The highest BCUT2D eigenvalue weighted by molar-refractivity contribution is 5.70. The van der Waals surface area contributed by atoms with Crippen molar-refractivity contribution in [1.29, 1.82) is 0 Å². The Morgan fingerprint density at radius 3 is 2.43 bits per heavy atom. The molecule has 82 valence electrons. The van der Waals surface area contributed by atoms with E-state index < -0.39 is 0 Å². The van der Waals surface area contributed by atoms with Gasteiger partial charge in [-0.05, 0) is 26.9 Å². The van der Waals surface area contributed by atoms with Gasteiger partial charge in [0, 0.05) is 18.8 Å². The first kappa shape index (κ1) is 11.5. The van der Waals surface area contributed by atoms with Gasteiger partial charge in [-0.25, -0.2) is 0 Å². The van der Waals surface area contributed by atoms with E-state index in [0.29, 0.717) is 6.42 Å². The smallest absolute Gasteiger partial charge is 0.307 e. The molecule has 1 aliphatic heterocycles. The lowest BCUT2D eigenvalue weighted by Gasteiger charge is -2.41. The highest BCUT2D eigenvalue weighted by atomic mass is 16.5. The van der Waals surface area contributed by atoms with Gasteiger partial charge in [-0.2, -0.15) is 0 Å². The zero-order chi connectivity index (χ0) is 10.6. The van der Waals surface area contributed by atoms with E-state index in [9.17, 15) is 4.79 Å². The van der Waals surface area contributed by atoms with E-state index in [4.69, 9.17) is 9.47 Å². The van der Waals surface area contributed by atoms with Crippen molar-refractivity contribution in [3.8, 4) is 0 Å². The largest absolute Gasteiger partial charge is 0.469 e. The molecule has 0 spiro atoms. The number of nitrogens with zero attached hydrogens (tertiary/aromatic N) is 1. The van der Waals surface area contributed by atoms with Gasteiger partial charge in [-0.1, -0.05) is 0 Å². The van der Waals surface area contributed by atoms with Crippen molar-refractivity contribution in [3.63, 3.8) is 0 Å². The Morgan fingerprint density at radius 2 is 2.00 bits per heavy atom. The van der Waals surface area contributed by atoms with E-state index in [1.54, 1.807) is 0 Å². The van der Waals surface area contributed by atoms with Gasteiger partial charge in [0.25, 0.3) is 0 Å². The molecule has 4 heteroatoms. The third-order valence-electron chi connectivity index (χ3n) is 3.07. The normalized spacial score (nSPS) is 20.9. The van der Waals surface area contributed by atoms with Crippen LogP contribution in [0.1, 0.15) is 19.3 Å². The molecule has 1 fully saturated rings. The van der Waals surface area contributed by atoms with Crippen molar-refractivity contribution in [3.05, 3.63) is 0 Å². The summed E-state index contributed by atoms with van der Waals surface area (Å²) in [7, 11) is 5.45. The second-order valence-electron chi connectivity index (χ2n) is 3.98. The summed E-state index contributed by atoms with van der Waals surface area (Å²) in [5.41, 5.74) is -0.0641. The second kappa shape index (κ2) is 4.75. The summed E-state index contributed by atoms with van der Waals surface area (Å²) in [6, 6.07) is 0.